The maximum Gasteiger partial charge on any atom is 0.315 e. The van der Waals surface area contributed by atoms with Gasteiger partial charge in [-0.05, 0) is 62.6 Å². The largest absolute Gasteiger partial charge is 0.487 e. The van der Waals surface area contributed by atoms with Crippen LogP contribution in [0.2, 0.25) is 0 Å². The lowest BCUT2D eigenvalue weighted by molar-refractivity contribution is -0.145. The van der Waals surface area contributed by atoms with Crippen molar-refractivity contribution in [1.29, 1.82) is 0 Å². The Morgan fingerprint density at radius 3 is 2.57 bits per heavy atom. The average molecular weight is 518 g/mol. The predicted molar refractivity (Wildman–Crippen MR) is 149 cm³/mol. The highest BCUT2D eigenvalue weighted by Crippen LogP contribution is 2.45. The van der Waals surface area contributed by atoms with Crippen LogP contribution in [0.5, 0.6) is 5.75 Å². The van der Waals surface area contributed by atoms with Crippen LogP contribution in [-0.2, 0) is 22.6 Å². The summed E-state index contributed by atoms with van der Waals surface area (Å²) >= 11 is 1.75. The quantitative estimate of drug-likeness (QED) is 0.192. The number of nitrogens with one attached hydrogen (secondary N) is 1. The van der Waals surface area contributed by atoms with Crippen molar-refractivity contribution in [2.75, 3.05) is 6.61 Å². The van der Waals surface area contributed by atoms with E-state index in [9.17, 15) is 4.79 Å². The lowest BCUT2D eigenvalue weighted by Crippen LogP contribution is -2.20. The van der Waals surface area contributed by atoms with Gasteiger partial charge in [0.2, 0.25) is 0 Å². The summed E-state index contributed by atoms with van der Waals surface area (Å²) in [6.07, 6.45) is 5.90. The highest BCUT2D eigenvalue weighted by atomic mass is 32.2. The SMILES string of the molecule is CCOC(=O)C(Cc1cccnc1)c1[nH]c2ccc(OCc3ccc(C)cn3)c(C)c2c1SC(C)(C)C. The number of hydrogen-bond acceptors (Lipinski definition) is 6. The summed E-state index contributed by atoms with van der Waals surface area (Å²) in [5.74, 6) is 0.0753. The summed E-state index contributed by atoms with van der Waals surface area (Å²) in [7, 11) is 0. The minimum Gasteiger partial charge on any atom is -0.487 e. The van der Waals surface area contributed by atoms with E-state index in [0.29, 0.717) is 19.6 Å². The molecule has 0 fully saturated rings. The van der Waals surface area contributed by atoms with Gasteiger partial charge in [0.15, 0.2) is 0 Å². The highest BCUT2D eigenvalue weighted by molar-refractivity contribution is 8.00. The first kappa shape index (κ1) is 26.7. The van der Waals surface area contributed by atoms with E-state index in [0.717, 1.165) is 49.6 Å². The van der Waals surface area contributed by atoms with Crippen LogP contribution in [0, 0.1) is 13.8 Å². The molecule has 0 spiro atoms. The number of esters is 1. The standard InChI is InChI=1S/C30H35N3O3S/c1-7-35-29(34)23(15-21-9-8-14-31-17-21)27-28(37-30(4,5)6)26-20(3)25(13-12-24(26)33-27)36-18-22-11-10-19(2)16-32-22/h8-14,16-17,23,33H,7,15,18H2,1-6H3. The molecule has 3 heterocycles. The van der Waals surface area contributed by atoms with Gasteiger partial charge < -0.3 is 14.5 Å². The van der Waals surface area contributed by atoms with Crippen LogP contribution in [0.1, 0.15) is 61.7 Å². The van der Waals surface area contributed by atoms with E-state index in [1.807, 2.05) is 62.6 Å². The molecule has 0 amide bonds. The molecule has 0 aliphatic rings. The molecular formula is C30H35N3O3S. The minimum absolute atomic E-state index is 0.0769. The monoisotopic (exact) mass is 517 g/mol. The number of nitrogens with zero attached hydrogens (tertiary/aromatic N) is 2. The Balaban J connectivity index is 1.79. The van der Waals surface area contributed by atoms with Crippen LogP contribution in [0.3, 0.4) is 0 Å². The van der Waals surface area contributed by atoms with Crippen LogP contribution >= 0.6 is 11.8 Å². The summed E-state index contributed by atoms with van der Waals surface area (Å²) in [5, 5.41) is 1.07. The summed E-state index contributed by atoms with van der Waals surface area (Å²) in [6.45, 7) is 13.2. The summed E-state index contributed by atoms with van der Waals surface area (Å²) in [4.78, 5) is 26.6. The van der Waals surface area contributed by atoms with Crippen LogP contribution in [0.4, 0.5) is 0 Å². The summed E-state index contributed by atoms with van der Waals surface area (Å²) in [5.41, 5.74) is 5.86. The van der Waals surface area contributed by atoms with E-state index in [2.05, 4.69) is 42.6 Å². The van der Waals surface area contributed by atoms with E-state index >= 15 is 0 Å². The molecule has 6 nitrogen and oxygen atoms in total. The zero-order chi connectivity index (χ0) is 26.6. The highest BCUT2D eigenvalue weighted by Gasteiger charge is 2.31. The van der Waals surface area contributed by atoms with Crippen molar-refractivity contribution >= 4 is 28.6 Å². The molecule has 4 aromatic rings. The fourth-order valence-corrected chi connectivity index (χ4v) is 5.56. The second kappa shape index (κ2) is 11.4. The number of H-pyrrole nitrogens is 1. The molecule has 1 atom stereocenters. The van der Waals surface area contributed by atoms with E-state index in [1.165, 1.54) is 0 Å². The lowest BCUT2D eigenvalue weighted by Gasteiger charge is -2.22. The van der Waals surface area contributed by atoms with Gasteiger partial charge in [-0.1, -0.05) is 32.9 Å². The minimum atomic E-state index is -0.484. The van der Waals surface area contributed by atoms with E-state index in [4.69, 9.17) is 9.47 Å². The van der Waals surface area contributed by atoms with Gasteiger partial charge in [0.05, 0.1) is 12.3 Å². The van der Waals surface area contributed by atoms with Crippen molar-refractivity contribution < 1.29 is 14.3 Å². The Kier molecular flexibility index (Phi) is 8.22. The smallest absolute Gasteiger partial charge is 0.315 e. The Labute approximate surface area is 223 Å². The Hall–Kier alpha value is -3.32. The van der Waals surface area contributed by atoms with E-state index in [1.54, 1.807) is 18.0 Å². The van der Waals surface area contributed by atoms with Crippen LogP contribution in [0.25, 0.3) is 10.9 Å². The molecule has 194 valence electrons. The molecule has 0 aliphatic carbocycles. The molecule has 1 aromatic carbocycles. The second-order valence-electron chi connectivity index (χ2n) is 10.2. The van der Waals surface area contributed by atoms with Crippen molar-refractivity contribution in [3.05, 3.63) is 83.1 Å². The van der Waals surface area contributed by atoms with Gasteiger partial charge in [0, 0.05) is 50.4 Å². The first-order valence-corrected chi connectivity index (χ1v) is 13.4. The molecule has 0 radical (unpaired) electrons. The van der Waals surface area contributed by atoms with Gasteiger partial charge in [-0.15, -0.1) is 11.8 Å². The zero-order valence-electron chi connectivity index (χ0n) is 22.4. The maximum absolute atomic E-state index is 13.3. The van der Waals surface area contributed by atoms with E-state index in [-0.39, 0.29) is 10.7 Å². The fraction of sp³-hybridized carbons (Fsp3) is 0.367. The third kappa shape index (κ3) is 6.52. The van der Waals surface area contributed by atoms with Crippen molar-refractivity contribution in [2.45, 2.75) is 70.1 Å². The molecule has 7 heteroatoms. The first-order chi connectivity index (χ1) is 17.7. The number of ether oxygens (including phenoxy) is 2. The third-order valence-corrected chi connectivity index (χ3v) is 7.24. The molecule has 0 bridgehead atoms. The van der Waals surface area contributed by atoms with Gasteiger partial charge in [-0.2, -0.15) is 0 Å². The van der Waals surface area contributed by atoms with Crippen molar-refractivity contribution in [3.63, 3.8) is 0 Å². The number of benzene rings is 1. The molecule has 3 aromatic heterocycles. The number of hydrogen-bond donors (Lipinski definition) is 1. The number of aryl methyl sites for hydroxylation is 2. The molecule has 1 unspecified atom stereocenters. The average Bonchev–Trinajstić information content (AvgIpc) is 3.21. The molecule has 0 saturated heterocycles. The lowest BCUT2D eigenvalue weighted by atomic mass is 9.96. The summed E-state index contributed by atoms with van der Waals surface area (Å²) in [6, 6.07) is 11.9. The normalized spacial score (nSPS) is 12.5. The van der Waals surface area contributed by atoms with Crippen molar-refractivity contribution in [2.24, 2.45) is 0 Å². The van der Waals surface area contributed by atoms with Gasteiger partial charge in [-0.25, -0.2) is 0 Å². The number of aromatic nitrogens is 3. The number of pyridine rings is 2. The zero-order valence-corrected chi connectivity index (χ0v) is 23.2. The fourth-order valence-electron chi connectivity index (χ4n) is 4.28. The molecule has 4 rings (SSSR count). The topological polar surface area (TPSA) is 77.1 Å². The van der Waals surface area contributed by atoms with Gasteiger partial charge in [0.25, 0.3) is 0 Å². The Morgan fingerprint density at radius 2 is 1.92 bits per heavy atom. The van der Waals surface area contributed by atoms with Crippen molar-refractivity contribution in [1.82, 2.24) is 15.0 Å². The number of thioether (sulfide) groups is 1. The summed E-state index contributed by atoms with van der Waals surface area (Å²) < 4.78 is 11.7. The number of carbonyl (C=O) groups excluding carboxylic acids is 1. The molecule has 0 aliphatic heterocycles. The Morgan fingerprint density at radius 1 is 1.11 bits per heavy atom. The van der Waals surface area contributed by atoms with Crippen LogP contribution < -0.4 is 4.74 Å². The Bertz CT molecular complexity index is 1360. The number of rotatable bonds is 9. The van der Waals surface area contributed by atoms with Crippen molar-refractivity contribution in [3.8, 4) is 5.75 Å². The maximum atomic E-state index is 13.3. The molecular weight excluding hydrogens is 482 g/mol. The number of aromatic amines is 1. The van der Waals surface area contributed by atoms with Crippen LogP contribution in [0.15, 0.2) is 59.9 Å². The predicted octanol–water partition coefficient (Wildman–Crippen LogP) is 6.93. The van der Waals surface area contributed by atoms with E-state index < -0.39 is 5.92 Å². The van der Waals surface area contributed by atoms with Crippen LogP contribution in [-0.4, -0.2) is 32.3 Å². The molecule has 37 heavy (non-hydrogen) atoms. The number of fused-ring (bicyclic) bond motifs is 1. The van der Waals surface area contributed by atoms with Gasteiger partial charge >= 0.3 is 5.97 Å². The first-order valence-electron chi connectivity index (χ1n) is 12.6. The van der Waals surface area contributed by atoms with Gasteiger partial charge in [0.1, 0.15) is 18.3 Å². The van der Waals surface area contributed by atoms with Gasteiger partial charge in [-0.3, -0.25) is 14.8 Å². The second-order valence-corrected chi connectivity index (χ2v) is 12.0. The number of carbonyl (C=O) groups is 1. The molecule has 0 saturated carbocycles. The molecule has 1 N–H and O–H groups in total. The third-order valence-electron chi connectivity index (χ3n) is 5.99.